The van der Waals surface area contributed by atoms with Crippen molar-refractivity contribution in [3.63, 3.8) is 0 Å². The van der Waals surface area contributed by atoms with Gasteiger partial charge in [-0.2, -0.15) is 0 Å². The molecule has 0 bridgehead atoms. The number of hydrogen-bond acceptors (Lipinski definition) is 4. The smallest absolute Gasteiger partial charge is 0.274 e. The van der Waals surface area contributed by atoms with Crippen LogP contribution < -0.4 is 11.1 Å². The number of amides is 1. The largest absolute Gasteiger partial charge is 0.363 e. The highest BCUT2D eigenvalue weighted by molar-refractivity contribution is 6.30. The molecule has 3 N–H and O–H groups in total. The number of nitrogens with two attached hydrogens (primary N) is 1. The normalized spacial score (nSPS) is 10.3. The first kappa shape index (κ1) is 12.6. The molecule has 0 saturated carbocycles. The Balaban J connectivity index is 2.30. The third kappa shape index (κ3) is 2.69. The van der Waals surface area contributed by atoms with Gasteiger partial charge in [-0.05, 0) is 17.7 Å². The summed E-state index contributed by atoms with van der Waals surface area (Å²) in [4.78, 5) is 11.8. The Morgan fingerprint density at radius 1 is 1.50 bits per heavy atom. The summed E-state index contributed by atoms with van der Waals surface area (Å²) < 4.78 is 4.86. The van der Waals surface area contributed by atoms with E-state index < -0.39 is 0 Å². The molecule has 0 saturated heterocycles. The van der Waals surface area contributed by atoms with Crippen LogP contribution in [0, 0.1) is 0 Å². The molecule has 5 nitrogen and oxygen atoms in total. The van der Waals surface area contributed by atoms with Crippen LogP contribution in [0.25, 0.3) is 11.1 Å². The van der Waals surface area contributed by atoms with Gasteiger partial charge in [-0.3, -0.25) is 4.79 Å². The SMILES string of the molecule is NCCNC(=O)c1nocc1-c1cccc(Cl)c1. The van der Waals surface area contributed by atoms with Crippen LogP contribution in [-0.4, -0.2) is 24.2 Å². The van der Waals surface area contributed by atoms with Crippen molar-refractivity contribution >= 4 is 17.5 Å². The van der Waals surface area contributed by atoms with Crippen molar-refractivity contribution in [2.45, 2.75) is 0 Å². The minimum Gasteiger partial charge on any atom is -0.363 e. The molecule has 0 aliphatic rings. The van der Waals surface area contributed by atoms with Crippen LogP contribution in [0.5, 0.6) is 0 Å². The number of carbonyl (C=O) groups excluding carboxylic acids is 1. The second kappa shape index (κ2) is 5.66. The monoisotopic (exact) mass is 265 g/mol. The molecule has 94 valence electrons. The highest BCUT2D eigenvalue weighted by Gasteiger charge is 2.17. The Labute approximate surface area is 109 Å². The van der Waals surface area contributed by atoms with E-state index in [2.05, 4.69) is 10.5 Å². The maximum Gasteiger partial charge on any atom is 0.274 e. The standard InChI is InChI=1S/C12H12ClN3O2/c13-9-3-1-2-8(6-9)10-7-18-16-11(10)12(17)15-5-4-14/h1-3,6-7H,4-5,14H2,(H,15,17). The van der Waals surface area contributed by atoms with Crippen molar-refractivity contribution in [2.24, 2.45) is 5.73 Å². The minimum atomic E-state index is -0.316. The highest BCUT2D eigenvalue weighted by Crippen LogP contribution is 2.25. The average molecular weight is 266 g/mol. The molecule has 1 aromatic heterocycles. The number of nitrogens with one attached hydrogen (secondary N) is 1. The van der Waals surface area contributed by atoms with E-state index >= 15 is 0 Å². The first-order valence-electron chi connectivity index (χ1n) is 5.41. The van der Waals surface area contributed by atoms with Gasteiger partial charge in [-0.15, -0.1) is 0 Å². The third-order valence-corrected chi connectivity index (χ3v) is 2.59. The molecule has 0 unspecified atom stereocenters. The quantitative estimate of drug-likeness (QED) is 0.881. The van der Waals surface area contributed by atoms with Crippen molar-refractivity contribution in [2.75, 3.05) is 13.1 Å². The molecule has 0 fully saturated rings. The zero-order chi connectivity index (χ0) is 13.0. The second-order valence-corrected chi connectivity index (χ2v) is 4.07. The van der Waals surface area contributed by atoms with Gasteiger partial charge in [0.05, 0.1) is 5.56 Å². The van der Waals surface area contributed by atoms with E-state index in [0.29, 0.717) is 23.7 Å². The van der Waals surface area contributed by atoms with E-state index in [1.165, 1.54) is 6.26 Å². The Hall–Kier alpha value is -1.85. The molecule has 0 aliphatic carbocycles. The van der Waals surface area contributed by atoms with Crippen molar-refractivity contribution in [3.05, 3.63) is 41.2 Å². The lowest BCUT2D eigenvalue weighted by molar-refractivity contribution is 0.0946. The highest BCUT2D eigenvalue weighted by atomic mass is 35.5. The van der Waals surface area contributed by atoms with E-state index in [-0.39, 0.29) is 11.6 Å². The summed E-state index contributed by atoms with van der Waals surface area (Å²) in [6, 6.07) is 7.13. The molecular formula is C12H12ClN3O2. The number of halogens is 1. The first-order valence-corrected chi connectivity index (χ1v) is 5.78. The van der Waals surface area contributed by atoms with Crippen LogP contribution in [0.4, 0.5) is 0 Å². The lowest BCUT2D eigenvalue weighted by Crippen LogP contribution is -2.29. The topological polar surface area (TPSA) is 81.1 Å². The van der Waals surface area contributed by atoms with Crippen LogP contribution in [-0.2, 0) is 0 Å². The average Bonchev–Trinajstić information content (AvgIpc) is 2.85. The van der Waals surface area contributed by atoms with Gasteiger partial charge in [0.2, 0.25) is 0 Å². The maximum atomic E-state index is 11.8. The molecule has 1 amide bonds. The van der Waals surface area contributed by atoms with Crippen molar-refractivity contribution in [1.29, 1.82) is 0 Å². The van der Waals surface area contributed by atoms with E-state index in [4.69, 9.17) is 21.9 Å². The molecule has 2 rings (SSSR count). The molecule has 1 heterocycles. The number of benzene rings is 1. The summed E-state index contributed by atoms with van der Waals surface area (Å²) in [5, 5.41) is 6.93. The van der Waals surface area contributed by atoms with Crippen LogP contribution >= 0.6 is 11.6 Å². The van der Waals surface area contributed by atoms with Gasteiger partial charge in [-0.25, -0.2) is 0 Å². The van der Waals surface area contributed by atoms with Gasteiger partial charge in [-0.1, -0.05) is 28.9 Å². The Bertz CT molecular complexity index is 554. The first-order chi connectivity index (χ1) is 8.72. The predicted octanol–water partition coefficient (Wildman–Crippen LogP) is 1.68. The van der Waals surface area contributed by atoms with Crippen molar-refractivity contribution in [1.82, 2.24) is 10.5 Å². The van der Waals surface area contributed by atoms with Gasteiger partial charge in [0.15, 0.2) is 5.69 Å². The molecule has 0 radical (unpaired) electrons. The number of aromatic nitrogens is 1. The van der Waals surface area contributed by atoms with Gasteiger partial charge >= 0.3 is 0 Å². The number of nitrogens with zero attached hydrogens (tertiary/aromatic N) is 1. The molecule has 1 aromatic carbocycles. The summed E-state index contributed by atoms with van der Waals surface area (Å²) in [7, 11) is 0. The molecule has 0 atom stereocenters. The molecule has 2 aromatic rings. The van der Waals surface area contributed by atoms with E-state index in [1.807, 2.05) is 6.07 Å². The van der Waals surface area contributed by atoms with Gasteiger partial charge in [0.25, 0.3) is 5.91 Å². The fourth-order valence-electron chi connectivity index (χ4n) is 1.53. The van der Waals surface area contributed by atoms with E-state index in [9.17, 15) is 4.79 Å². The van der Waals surface area contributed by atoms with Crippen molar-refractivity contribution < 1.29 is 9.32 Å². The van der Waals surface area contributed by atoms with Crippen LogP contribution in [0.2, 0.25) is 5.02 Å². The summed E-state index contributed by atoms with van der Waals surface area (Å²) in [6.45, 7) is 0.761. The molecule has 0 spiro atoms. The van der Waals surface area contributed by atoms with Gasteiger partial charge in [0, 0.05) is 18.1 Å². The molecule has 18 heavy (non-hydrogen) atoms. The Morgan fingerprint density at radius 3 is 3.06 bits per heavy atom. The fraction of sp³-hybridized carbons (Fsp3) is 0.167. The lowest BCUT2D eigenvalue weighted by atomic mass is 10.1. The Morgan fingerprint density at radius 2 is 2.33 bits per heavy atom. The maximum absolute atomic E-state index is 11.8. The Kier molecular flexibility index (Phi) is 3.96. The predicted molar refractivity (Wildman–Crippen MR) is 68.3 cm³/mol. The number of rotatable bonds is 4. The molecule has 6 heteroatoms. The number of carbonyl (C=O) groups is 1. The number of hydrogen-bond donors (Lipinski definition) is 2. The zero-order valence-electron chi connectivity index (χ0n) is 9.52. The van der Waals surface area contributed by atoms with Crippen LogP contribution in [0.15, 0.2) is 35.1 Å². The molecular weight excluding hydrogens is 254 g/mol. The molecule has 0 aliphatic heterocycles. The fourth-order valence-corrected chi connectivity index (χ4v) is 1.72. The zero-order valence-corrected chi connectivity index (χ0v) is 10.3. The summed E-state index contributed by atoms with van der Waals surface area (Å²) in [5.41, 5.74) is 6.93. The second-order valence-electron chi connectivity index (χ2n) is 3.63. The lowest BCUT2D eigenvalue weighted by Gasteiger charge is -2.03. The van der Waals surface area contributed by atoms with Crippen molar-refractivity contribution in [3.8, 4) is 11.1 Å². The van der Waals surface area contributed by atoms with Crippen LogP contribution in [0.1, 0.15) is 10.5 Å². The third-order valence-electron chi connectivity index (χ3n) is 2.35. The van der Waals surface area contributed by atoms with Crippen LogP contribution in [0.3, 0.4) is 0 Å². The summed E-state index contributed by atoms with van der Waals surface area (Å²) in [5.74, 6) is -0.316. The van der Waals surface area contributed by atoms with Gasteiger partial charge in [0.1, 0.15) is 6.26 Å². The van der Waals surface area contributed by atoms with E-state index in [1.54, 1.807) is 18.2 Å². The van der Waals surface area contributed by atoms with Gasteiger partial charge < -0.3 is 15.6 Å². The summed E-state index contributed by atoms with van der Waals surface area (Å²) >= 11 is 5.91. The summed E-state index contributed by atoms with van der Waals surface area (Å²) in [6.07, 6.45) is 1.42. The minimum absolute atomic E-state index is 0.228. The van der Waals surface area contributed by atoms with E-state index in [0.717, 1.165) is 5.56 Å².